The van der Waals surface area contributed by atoms with Crippen molar-refractivity contribution in [3.63, 3.8) is 0 Å². The Labute approximate surface area is 122 Å². The summed E-state index contributed by atoms with van der Waals surface area (Å²) in [5, 5.41) is 11.9. The van der Waals surface area contributed by atoms with Crippen molar-refractivity contribution >= 4 is 21.7 Å². The predicted molar refractivity (Wildman–Crippen MR) is 87.3 cm³/mol. The van der Waals surface area contributed by atoms with Crippen LogP contribution in [0.2, 0.25) is 0 Å². The van der Waals surface area contributed by atoms with E-state index in [9.17, 15) is 5.11 Å². The average Bonchev–Trinajstić information content (AvgIpc) is 2.48. The van der Waals surface area contributed by atoms with Gasteiger partial charge in [0, 0.05) is 16.5 Å². The summed E-state index contributed by atoms with van der Waals surface area (Å²) in [5.74, 6) is 1.37. The number of rotatable bonds is 3. The first-order valence-electron chi connectivity index (χ1n) is 6.61. The highest BCUT2D eigenvalue weighted by Crippen LogP contribution is 2.22. The van der Waals surface area contributed by atoms with E-state index in [2.05, 4.69) is 48.7 Å². The van der Waals surface area contributed by atoms with Gasteiger partial charge in [-0.3, -0.25) is 0 Å². The minimum atomic E-state index is 0.153. The van der Waals surface area contributed by atoms with Crippen molar-refractivity contribution in [2.75, 3.05) is 6.26 Å². The molecular formula is C18H17OS+. The number of hydrogen-bond donors (Lipinski definition) is 1. The number of hydrogen-bond acceptors (Lipinski definition) is 1. The third-order valence-electron chi connectivity index (χ3n) is 3.44. The van der Waals surface area contributed by atoms with Crippen molar-refractivity contribution < 1.29 is 5.11 Å². The minimum absolute atomic E-state index is 0.153. The third kappa shape index (κ3) is 2.81. The first-order chi connectivity index (χ1) is 9.72. The van der Waals surface area contributed by atoms with Crippen LogP contribution in [0.4, 0.5) is 0 Å². The topological polar surface area (TPSA) is 20.2 Å². The van der Waals surface area contributed by atoms with E-state index >= 15 is 0 Å². The summed E-state index contributed by atoms with van der Waals surface area (Å²) in [6, 6.07) is 22.7. The maximum Gasteiger partial charge on any atom is 0.155 e. The predicted octanol–water partition coefficient (Wildman–Crippen LogP) is 4.35. The fourth-order valence-electron chi connectivity index (χ4n) is 2.34. The number of benzene rings is 3. The molecule has 0 aliphatic rings. The smallest absolute Gasteiger partial charge is 0.155 e. The average molecular weight is 281 g/mol. The monoisotopic (exact) mass is 281 g/mol. The van der Waals surface area contributed by atoms with Gasteiger partial charge in [-0.25, -0.2) is 0 Å². The Bertz CT molecular complexity index is 719. The summed E-state index contributed by atoms with van der Waals surface area (Å²) in [6.07, 6.45) is 2.25. The molecule has 2 heteroatoms. The standard InChI is InChI=1S/C18H16OS/c1-20(18-10-8-17(19)9-11-18)13-14-6-7-15-4-2-3-5-16(15)12-14/h2-12H,13H2,1H3/p+1. The molecule has 0 fully saturated rings. The molecule has 20 heavy (non-hydrogen) atoms. The van der Waals surface area contributed by atoms with Gasteiger partial charge >= 0.3 is 0 Å². The number of fused-ring (bicyclic) bond motifs is 1. The van der Waals surface area contributed by atoms with Gasteiger partial charge in [0.15, 0.2) is 4.90 Å². The van der Waals surface area contributed by atoms with Crippen LogP contribution in [0, 0.1) is 0 Å². The molecule has 1 unspecified atom stereocenters. The van der Waals surface area contributed by atoms with Gasteiger partial charge < -0.3 is 5.11 Å². The van der Waals surface area contributed by atoms with E-state index in [1.54, 1.807) is 12.1 Å². The quantitative estimate of drug-likeness (QED) is 0.708. The number of phenols is 1. The summed E-state index contributed by atoms with van der Waals surface area (Å²) in [7, 11) is 0.153. The van der Waals surface area contributed by atoms with Crippen LogP contribution in [-0.4, -0.2) is 11.4 Å². The second-order valence-electron chi connectivity index (χ2n) is 4.96. The molecule has 0 saturated carbocycles. The SMILES string of the molecule is C[S+](Cc1ccc2ccccc2c1)c1ccc(O)cc1. The minimum Gasteiger partial charge on any atom is -0.508 e. The van der Waals surface area contributed by atoms with Crippen LogP contribution < -0.4 is 0 Å². The van der Waals surface area contributed by atoms with Crippen molar-refractivity contribution in [3.05, 3.63) is 72.3 Å². The van der Waals surface area contributed by atoms with E-state index in [4.69, 9.17) is 0 Å². The molecule has 0 radical (unpaired) electrons. The third-order valence-corrected chi connectivity index (χ3v) is 5.28. The van der Waals surface area contributed by atoms with Crippen molar-refractivity contribution in [2.45, 2.75) is 10.6 Å². The van der Waals surface area contributed by atoms with E-state index in [1.165, 1.54) is 21.2 Å². The molecule has 1 nitrogen and oxygen atoms in total. The molecule has 0 aliphatic heterocycles. The molecular weight excluding hydrogens is 264 g/mol. The molecule has 0 aromatic heterocycles. The molecule has 100 valence electrons. The lowest BCUT2D eigenvalue weighted by Crippen LogP contribution is -2.03. The highest BCUT2D eigenvalue weighted by atomic mass is 32.2. The Morgan fingerprint density at radius 3 is 2.30 bits per heavy atom. The maximum absolute atomic E-state index is 9.35. The molecule has 1 N–H and O–H groups in total. The van der Waals surface area contributed by atoms with Crippen LogP contribution in [0.25, 0.3) is 10.8 Å². The lowest BCUT2D eigenvalue weighted by atomic mass is 10.1. The van der Waals surface area contributed by atoms with Crippen LogP contribution >= 0.6 is 0 Å². The van der Waals surface area contributed by atoms with Gasteiger partial charge in [-0.2, -0.15) is 0 Å². The highest BCUT2D eigenvalue weighted by Gasteiger charge is 2.16. The second kappa shape index (κ2) is 5.59. The van der Waals surface area contributed by atoms with Crippen molar-refractivity contribution in [1.82, 2.24) is 0 Å². The molecule has 3 rings (SSSR count). The molecule has 1 atom stereocenters. The Kier molecular flexibility index (Phi) is 3.66. The van der Waals surface area contributed by atoms with Gasteiger partial charge in [-0.15, -0.1) is 0 Å². The van der Waals surface area contributed by atoms with E-state index in [1.807, 2.05) is 12.1 Å². The van der Waals surface area contributed by atoms with E-state index in [-0.39, 0.29) is 10.9 Å². The lowest BCUT2D eigenvalue weighted by Gasteiger charge is -2.05. The van der Waals surface area contributed by atoms with Gasteiger partial charge in [-0.05, 0) is 41.1 Å². The molecule has 0 aliphatic carbocycles. The van der Waals surface area contributed by atoms with Crippen LogP contribution in [0.1, 0.15) is 5.56 Å². The summed E-state index contributed by atoms with van der Waals surface area (Å²) >= 11 is 0. The molecule has 0 spiro atoms. The second-order valence-corrected chi connectivity index (χ2v) is 6.99. The normalized spacial score (nSPS) is 12.4. The molecule has 0 heterocycles. The van der Waals surface area contributed by atoms with Crippen LogP contribution in [-0.2, 0) is 16.6 Å². The number of phenolic OH excluding ortho intramolecular Hbond substituents is 1. The molecule has 3 aromatic carbocycles. The van der Waals surface area contributed by atoms with E-state index in [0.29, 0.717) is 5.75 Å². The molecule has 3 aromatic rings. The van der Waals surface area contributed by atoms with Gasteiger partial charge in [0.05, 0.1) is 0 Å². The Morgan fingerprint density at radius 2 is 1.55 bits per heavy atom. The van der Waals surface area contributed by atoms with Crippen molar-refractivity contribution in [3.8, 4) is 5.75 Å². The van der Waals surface area contributed by atoms with Gasteiger partial charge in [0.2, 0.25) is 0 Å². The van der Waals surface area contributed by atoms with Crippen LogP contribution in [0.5, 0.6) is 5.75 Å². The van der Waals surface area contributed by atoms with Crippen LogP contribution in [0.15, 0.2) is 71.6 Å². The summed E-state index contributed by atoms with van der Waals surface area (Å²) in [6.45, 7) is 0. The van der Waals surface area contributed by atoms with Gasteiger partial charge in [0.25, 0.3) is 0 Å². The lowest BCUT2D eigenvalue weighted by molar-refractivity contribution is 0.475. The zero-order valence-electron chi connectivity index (χ0n) is 11.4. The van der Waals surface area contributed by atoms with E-state index in [0.717, 1.165) is 5.75 Å². The van der Waals surface area contributed by atoms with Gasteiger partial charge in [-0.1, -0.05) is 36.4 Å². The zero-order chi connectivity index (χ0) is 13.9. The summed E-state index contributed by atoms with van der Waals surface area (Å²) < 4.78 is 0. The van der Waals surface area contributed by atoms with Crippen molar-refractivity contribution in [1.29, 1.82) is 0 Å². The molecule has 0 bridgehead atoms. The Morgan fingerprint density at radius 1 is 0.850 bits per heavy atom. The zero-order valence-corrected chi connectivity index (χ0v) is 12.2. The molecule has 0 amide bonds. The van der Waals surface area contributed by atoms with E-state index < -0.39 is 0 Å². The van der Waals surface area contributed by atoms with Crippen LogP contribution in [0.3, 0.4) is 0 Å². The largest absolute Gasteiger partial charge is 0.508 e. The maximum atomic E-state index is 9.35. The first-order valence-corrected chi connectivity index (χ1v) is 8.42. The van der Waals surface area contributed by atoms with Gasteiger partial charge in [0.1, 0.15) is 17.8 Å². The highest BCUT2D eigenvalue weighted by molar-refractivity contribution is 7.95. The molecule has 0 saturated heterocycles. The summed E-state index contributed by atoms with van der Waals surface area (Å²) in [5.41, 5.74) is 1.36. The summed E-state index contributed by atoms with van der Waals surface area (Å²) in [4.78, 5) is 1.29. The fourth-order valence-corrected chi connectivity index (χ4v) is 3.79. The van der Waals surface area contributed by atoms with Crippen molar-refractivity contribution in [2.24, 2.45) is 0 Å². The Balaban J connectivity index is 1.83. The fraction of sp³-hybridized carbons (Fsp3) is 0.111. The Hall–Kier alpha value is -1.93. The first kappa shape index (κ1) is 13.1. The number of aromatic hydroxyl groups is 1.